The van der Waals surface area contributed by atoms with Crippen LogP contribution in [0.4, 0.5) is 0 Å². The normalized spacial score (nSPS) is 33.4. The maximum Gasteiger partial charge on any atom is 0.309 e. The van der Waals surface area contributed by atoms with E-state index in [1.807, 2.05) is 20.8 Å². The molecule has 0 aromatic carbocycles. The lowest BCUT2D eigenvalue weighted by atomic mass is 10.0. The Labute approximate surface area is 95.7 Å². The lowest BCUT2D eigenvalue weighted by Gasteiger charge is -2.19. The van der Waals surface area contributed by atoms with Gasteiger partial charge in [-0.05, 0) is 39.5 Å². The molecule has 3 atom stereocenters. The van der Waals surface area contributed by atoms with Gasteiger partial charge in [0.25, 0.3) is 0 Å². The minimum atomic E-state index is -0.428. The third-order valence-corrected chi connectivity index (χ3v) is 3.16. The molecule has 1 aliphatic heterocycles. The Morgan fingerprint density at radius 1 is 1.44 bits per heavy atom. The number of carbonyl (C=O) groups is 2. The Bertz CT molecular complexity index is 319. The molecule has 2 rings (SSSR count). The highest BCUT2D eigenvalue weighted by atomic mass is 16.6. The summed E-state index contributed by atoms with van der Waals surface area (Å²) >= 11 is 0. The van der Waals surface area contributed by atoms with Crippen molar-refractivity contribution in [2.24, 2.45) is 17.8 Å². The van der Waals surface area contributed by atoms with Gasteiger partial charge in [0, 0.05) is 12.5 Å². The van der Waals surface area contributed by atoms with Crippen molar-refractivity contribution in [3.05, 3.63) is 0 Å². The maximum atomic E-state index is 11.7. The summed E-state index contributed by atoms with van der Waals surface area (Å²) < 4.78 is 5.32. The molecule has 1 heterocycles. The molecule has 1 N–H and O–H groups in total. The number of carbonyl (C=O) groups excluding carboxylic acids is 2. The molecule has 0 radical (unpaired) electrons. The highest BCUT2D eigenvalue weighted by Crippen LogP contribution is 2.47. The Morgan fingerprint density at radius 3 is 2.62 bits per heavy atom. The van der Waals surface area contributed by atoms with E-state index in [0.717, 1.165) is 19.4 Å². The van der Waals surface area contributed by atoms with Crippen molar-refractivity contribution in [3.63, 3.8) is 0 Å². The van der Waals surface area contributed by atoms with Crippen LogP contribution in [0, 0.1) is 17.8 Å². The van der Waals surface area contributed by atoms with E-state index in [1.54, 1.807) is 0 Å². The number of ether oxygens (including phenoxy) is 1. The van der Waals surface area contributed by atoms with Crippen LogP contribution in [0.3, 0.4) is 0 Å². The SMILES string of the molecule is CC(C)(C)OC(=O)[C@H]1C[C@@H]1C1CCNC1=O. The van der Waals surface area contributed by atoms with E-state index in [0.29, 0.717) is 0 Å². The second-order valence-corrected chi connectivity index (χ2v) is 5.73. The molecule has 90 valence electrons. The molecule has 0 bridgehead atoms. The molecule has 0 aromatic heterocycles. The van der Waals surface area contributed by atoms with Crippen molar-refractivity contribution in [2.45, 2.75) is 39.2 Å². The van der Waals surface area contributed by atoms with Crippen LogP contribution in [0.1, 0.15) is 33.6 Å². The van der Waals surface area contributed by atoms with Gasteiger partial charge < -0.3 is 10.1 Å². The number of rotatable bonds is 2. The lowest BCUT2D eigenvalue weighted by Crippen LogP contribution is -2.26. The van der Waals surface area contributed by atoms with Crippen LogP contribution in [0.2, 0.25) is 0 Å². The fourth-order valence-corrected chi connectivity index (χ4v) is 2.33. The van der Waals surface area contributed by atoms with Crippen molar-refractivity contribution in [2.75, 3.05) is 6.54 Å². The molecule has 1 unspecified atom stereocenters. The summed E-state index contributed by atoms with van der Waals surface area (Å²) in [4.78, 5) is 23.2. The number of hydrogen-bond donors (Lipinski definition) is 1. The first kappa shape index (κ1) is 11.4. The second kappa shape index (κ2) is 3.75. The summed E-state index contributed by atoms with van der Waals surface area (Å²) in [5, 5.41) is 2.81. The van der Waals surface area contributed by atoms with Crippen molar-refractivity contribution >= 4 is 11.9 Å². The maximum absolute atomic E-state index is 11.7. The molecule has 1 amide bonds. The van der Waals surface area contributed by atoms with Crippen LogP contribution >= 0.6 is 0 Å². The molecular weight excluding hydrogens is 206 g/mol. The molecule has 4 nitrogen and oxygen atoms in total. The predicted octanol–water partition coefficient (Wildman–Crippen LogP) is 1.10. The summed E-state index contributed by atoms with van der Waals surface area (Å²) in [6, 6.07) is 0. The summed E-state index contributed by atoms with van der Waals surface area (Å²) in [5.74, 6) is 0.177. The summed E-state index contributed by atoms with van der Waals surface area (Å²) in [6.45, 7) is 6.35. The van der Waals surface area contributed by atoms with E-state index >= 15 is 0 Å². The fourth-order valence-electron chi connectivity index (χ4n) is 2.33. The molecular formula is C12H19NO3. The fraction of sp³-hybridized carbons (Fsp3) is 0.833. The van der Waals surface area contributed by atoms with Gasteiger partial charge in [-0.3, -0.25) is 9.59 Å². The molecule has 0 aromatic rings. The van der Waals surface area contributed by atoms with Gasteiger partial charge in [0.15, 0.2) is 0 Å². The van der Waals surface area contributed by atoms with Gasteiger partial charge in [0.1, 0.15) is 5.60 Å². The molecule has 4 heteroatoms. The average Bonchev–Trinajstić information content (AvgIpc) is 2.81. The van der Waals surface area contributed by atoms with Crippen LogP contribution in [0.15, 0.2) is 0 Å². The topological polar surface area (TPSA) is 55.4 Å². The summed E-state index contributed by atoms with van der Waals surface area (Å²) in [6.07, 6.45) is 1.68. The standard InChI is InChI=1S/C12H19NO3/c1-12(2,3)16-11(15)9-6-8(9)7-4-5-13-10(7)14/h7-9H,4-6H2,1-3H3,(H,13,14)/t7?,8-,9+/m1/s1. The van der Waals surface area contributed by atoms with Gasteiger partial charge in [-0.1, -0.05) is 0 Å². The van der Waals surface area contributed by atoms with Gasteiger partial charge in [-0.25, -0.2) is 0 Å². The van der Waals surface area contributed by atoms with Crippen molar-refractivity contribution in [1.29, 1.82) is 0 Å². The number of amides is 1. The third-order valence-electron chi connectivity index (χ3n) is 3.16. The minimum absolute atomic E-state index is 0.0394. The highest BCUT2D eigenvalue weighted by Gasteiger charge is 2.52. The Morgan fingerprint density at radius 2 is 2.12 bits per heavy atom. The average molecular weight is 225 g/mol. The first-order valence-electron chi connectivity index (χ1n) is 5.89. The van der Waals surface area contributed by atoms with E-state index in [-0.39, 0.29) is 29.6 Å². The Hall–Kier alpha value is -1.06. The number of hydrogen-bond acceptors (Lipinski definition) is 3. The molecule has 1 saturated heterocycles. The van der Waals surface area contributed by atoms with Gasteiger partial charge >= 0.3 is 5.97 Å². The monoisotopic (exact) mass is 225 g/mol. The Kier molecular flexibility index (Phi) is 2.68. The van der Waals surface area contributed by atoms with Gasteiger partial charge in [0.2, 0.25) is 5.91 Å². The van der Waals surface area contributed by atoms with E-state index in [1.165, 1.54) is 0 Å². The van der Waals surface area contributed by atoms with Gasteiger partial charge in [-0.15, -0.1) is 0 Å². The van der Waals surface area contributed by atoms with Crippen LogP contribution in [-0.2, 0) is 14.3 Å². The predicted molar refractivity (Wildman–Crippen MR) is 58.6 cm³/mol. The quantitative estimate of drug-likeness (QED) is 0.716. The van der Waals surface area contributed by atoms with Crippen molar-refractivity contribution in [3.8, 4) is 0 Å². The second-order valence-electron chi connectivity index (χ2n) is 5.73. The molecule has 1 aliphatic carbocycles. The van der Waals surface area contributed by atoms with Crippen LogP contribution in [0.5, 0.6) is 0 Å². The van der Waals surface area contributed by atoms with Crippen LogP contribution in [0.25, 0.3) is 0 Å². The molecule has 2 aliphatic rings. The van der Waals surface area contributed by atoms with Gasteiger partial charge in [0.05, 0.1) is 5.92 Å². The van der Waals surface area contributed by atoms with Gasteiger partial charge in [-0.2, -0.15) is 0 Å². The zero-order chi connectivity index (χ0) is 11.9. The van der Waals surface area contributed by atoms with Crippen molar-refractivity contribution in [1.82, 2.24) is 5.32 Å². The summed E-state index contributed by atoms with van der Waals surface area (Å²) in [7, 11) is 0. The molecule has 0 spiro atoms. The zero-order valence-electron chi connectivity index (χ0n) is 10.1. The number of esters is 1. The minimum Gasteiger partial charge on any atom is -0.460 e. The largest absolute Gasteiger partial charge is 0.460 e. The number of nitrogens with one attached hydrogen (secondary N) is 1. The Balaban J connectivity index is 1.87. The molecule has 2 fully saturated rings. The molecule has 1 saturated carbocycles. The zero-order valence-corrected chi connectivity index (χ0v) is 10.1. The third kappa shape index (κ3) is 2.36. The van der Waals surface area contributed by atoms with Crippen LogP contribution < -0.4 is 5.32 Å². The van der Waals surface area contributed by atoms with E-state index < -0.39 is 5.60 Å². The van der Waals surface area contributed by atoms with E-state index in [2.05, 4.69) is 5.32 Å². The molecule has 16 heavy (non-hydrogen) atoms. The lowest BCUT2D eigenvalue weighted by molar-refractivity contribution is -0.157. The van der Waals surface area contributed by atoms with Crippen LogP contribution in [-0.4, -0.2) is 24.0 Å². The van der Waals surface area contributed by atoms with Crippen molar-refractivity contribution < 1.29 is 14.3 Å². The smallest absolute Gasteiger partial charge is 0.309 e. The first-order chi connectivity index (χ1) is 7.38. The van der Waals surface area contributed by atoms with E-state index in [9.17, 15) is 9.59 Å². The first-order valence-corrected chi connectivity index (χ1v) is 5.89. The van der Waals surface area contributed by atoms with E-state index in [4.69, 9.17) is 4.74 Å². The highest BCUT2D eigenvalue weighted by molar-refractivity contribution is 5.84. The summed E-state index contributed by atoms with van der Waals surface area (Å²) in [5.41, 5.74) is -0.428.